The molecular weight excluding hydrogens is 314 g/mol. The van der Waals surface area contributed by atoms with Crippen LogP contribution < -0.4 is 4.74 Å². The maximum absolute atomic E-state index is 11.7. The zero-order chi connectivity index (χ0) is 13.8. The first-order valence-corrected chi connectivity index (χ1v) is 7.51. The summed E-state index contributed by atoms with van der Waals surface area (Å²) in [5.41, 5.74) is 1.02. The predicted molar refractivity (Wildman–Crippen MR) is 80.8 cm³/mol. The summed E-state index contributed by atoms with van der Waals surface area (Å²) in [4.78, 5) is 0. The Morgan fingerprint density at radius 2 is 2.11 bits per heavy atom. The minimum atomic E-state index is -1.20. The summed E-state index contributed by atoms with van der Waals surface area (Å²) >= 11 is 2.19. The van der Waals surface area contributed by atoms with Crippen LogP contribution in [0.5, 0.6) is 5.75 Å². The van der Waals surface area contributed by atoms with Crippen molar-refractivity contribution in [2.45, 2.75) is 31.9 Å². The van der Waals surface area contributed by atoms with Crippen molar-refractivity contribution in [3.8, 4) is 5.75 Å². The van der Waals surface area contributed by atoms with Crippen LogP contribution in [0.25, 0.3) is 0 Å². The molecule has 0 radical (unpaired) electrons. The molecule has 1 unspecified atom stereocenters. The second-order valence-electron chi connectivity index (χ2n) is 4.81. The quantitative estimate of drug-likeness (QED) is 0.625. The summed E-state index contributed by atoms with van der Waals surface area (Å²) in [7, 11) is 1.63. The summed E-state index contributed by atoms with van der Waals surface area (Å²) < 4.78 is 21.7. The number of hydrogen-bond donors (Lipinski definition) is 0. The van der Waals surface area contributed by atoms with Gasteiger partial charge in [0.2, 0.25) is 0 Å². The predicted octanol–water partition coefficient (Wildman–Crippen LogP) is 3.53. The number of hydrogen-bond acceptors (Lipinski definition) is 3. The van der Waals surface area contributed by atoms with Gasteiger partial charge in [-0.25, -0.2) is 0 Å². The molecule has 1 aromatic rings. The van der Waals surface area contributed by atoms with Gasteiger partial charge >= 0.3 is 0 Å². The van der Waals surface area contributed by atoms with Crippen molar-refractivity contribution in [2.24, 2.45) is 4.40 Å². The molecule has 0 aliphatic carbocycles. The maximum atomic E-state index is 11.7. The Morgan fingerprint density at radius 3 is 2.67 bits per heavy atom. The van der Waals surface area contributed by atoms with Crippen molar-refractivity contribution in [1.82, 2.24) is 0 Å². The van der Waals surface area contributed by atoms with Crippen molar-refractivity contribution in [1.29, 1.82) is 0 Å². The molecule has 0 spiro atoms. The number of nitrogens with zero attached hydrogens (tertiary/aromatic N) is 1. The number of benzene rings is 1. The molecule has 0 bridgehead atoms. The number of methoxy groups -OCH3 is 1. The van der Waals surface area contributed by atoms with Gasteiger partial charge in [0.05, 0.1) is 13.3 Å². The number of ether oxygens (including phenoxy) is 1. The van der Waals surface area contributed by atoms with Gasteiger partial charge in [-0.3, -0.25) is 0 Å². The van der Waals surface area contributed by atoms with Crippen molar-refractivity contribution in [3.05, 3.63) is 28.2 Å². The molecule has 0 aromatic heterocycles. The Kier molecular flexibility index (Phi) is 5.69. The van der Waals surface area contributed by atoms with Gasteiger partial charge < -0.3 is 9.29 Å². The lowest BCUT2D eigenvalue weighted by atomic mass is 10.1. The first-order valence-electron chi connectivity index (χ1n) is 5.61. The third-order valence-electron chi connectivity index (χ3n) is 2.25. The van der Waals surface area contributed by atoms with Crippen LogP contribution in [0.1, 0.15) is 26.3 Å². The molecule has 0 saturated heterocycles. The van der Waals surface area contributed by atoms with E-state index in [1.807, 2.05) is 39.0 Å². The molecule has 3 nitrogen and oxygen atoms in total. The molecule has 0 fully saturated rings. The summed E-state index contributed by atoms with van der Waals surface area (Å²) in [5.74, 6) is 0.803. The lowest BCUT2D eigenvalue weighted by Gasteiger charge is -2.17. The highest BCUT2D eigenvalue weighted by Gasteiger charge is 2.25. The van der Waals surface area contributed by atoms with Crippen molar-refractivity contribution >= 4 is 33.5 Å². The first-order chi connectivity index (χ1) is 8.34. The van der Waals surface area contributed by atoms with E-state index in [2.05, 4.69) is 20.3 Å². The van der Waals surface area contributed by atoms with Crippen molar-refractivity contribution in [3.63, 3.8) is 0 Å². The molecule has 0 amide bonds. The number of halogens is 1. The number of rotatable bonds is 4. The fourth-order valence-electron chi connectivity index (χ4n) is 1.25. The van der Waals surface area contributed by atoms with Gasteiger partial charge in [0, 0.05) is 10.9 Å². The van der Waals surface area contributed by atoms with Crippen LogP contribution in [0, 0.1) is 0 Å². The van der Waals surface area contributed by atoms with Crippen molar-refractivity contribution < 1.29 is 9.29 Å². The summed E-state index contributed by atoms with van der Waals surface area (Å²) in [6, 6.07) is 5.82. The molecule has 1 aromatic carbocycles. The van der Waals surface area contributed by atoms with Gasteiger partial charge in [-0.15, -0.1) is 0 Å². The van der Waals surface area contributed by atoms with E-state index >= 15 is 0 Å². The molecular formula is C13H18BrNO2S. The van der Waals surface area contributed by atoms with Crippen LogP contribution in [-0.2, 0) is 17.8 Å². The van der Waals surface area contributed by atoms with E-state index in [0.29, 0.717) is 6.42 Å². The minimum absolute atomic E-state index is 0.319. The molecule has 100 valence electrons. The lowest BCUT2D eigenvalue weighted by molar-refractivity contribution is 0.411. The van der Waals surface area contributed by atoms with Crippen LogP contribution in [0.4, 0.5) is 0 Å². The molecule has 0 aliphatic heterocycles. The fourth-order valence-corrected chi connectivity index (χ4v) is 2.11. The molecule has 0 heterocycles. The SMILES string of the molecule is COc1cc(Br)ccc1CC=N[S+]([O-])C(C)(C)C. The minimum Gasteiger partial charge on any atom is -0.591 e. The van der Waals surface area contributed by atoms with E-state index in [1.165, 1.54) is 0 Å². The Morgan fingerprint density at radius 1 is 1.44 bits per heavy atom. The standard InChI is InChI=1S/C13H18BrNO2S/c1-13(2,3)18(16)15-8-7-10-5-6-11(14)9-12(10)17-4/h5-6,8-9H,7H2,1-4H3. The van der Waals surface area contributed by atoms with Crippen LogP contribution in [0.2, 0.25) is 0 Å². The lowest BCUT2D eigenvalue weighted by Crippen LogP contribution is -2.25. The van der Waals surface area contributed by atoms with Crippen molar-refractivity contribution in [2.75, 3.05) is 7.11 Å². The third kappa shape index (κ3) is 4.63. The van der Waals surface area contributed by atoms with Gasteiger partial charge in [-0.2, -0.15) is 0 Å². The molecule has 0 N–H and O–H groups in total. The van der Waals surface area contributed by atoms with E-state index in [9.17, 15) is 4.55 Å². The smallest absolute Gasteiger partial charge is 0.144 e. The monoisotopic (exact) mass is 331 g/mol. The van der Waals surface area contributed by atoms with Gasteiger partial charge in [0.25, 0.3) is 0 Å². The van der Waals surface area contributed by atoms with Gasteiger partial charge in [-0.05, 0) is 38.5 Å². The van der Waals surface area contributed by atoms with E-state index in [4.69, 9.17) is 4.74 Å². The zero-order valence-corrected chi connectivity index (χ0v) is 13.5. The molecule has 0 saturated carbocycles. The second-order valence-corrected chi connectivity index (χ2v) is 7.66. The van der Waals surface area contributed by atoms with Gasteiger partial charge in [0.1, 0.15) is 21.9 Å². The van der Waals surface area contributed by atoms with E-state index in [-0.39, 0.29) is 4.75 Å². The normalized spacial score (nSPS) is 13.9. The Bertz CT molecular complexity index is 429. The van der Waals surface area contributed by atoms with Crippen LogP contribution >= 0.6 is 15.9 Å². The van der Waals surface area contributed by atoms with Gasteiger partial charge in [0.15, 0.2) is 0 Å². The van der Waals surface area contributed by atoms with Crippen LogP contribution in [0.3, 0.4) is 0 Å². The Hall–Kier alpha value is -0.520. The highest BCUT2D eigenvalue weighted by Crippen LogP contribution is 2.23. The van der Waals surface area contributed by atoms with E-state index in [1.54, 1.807) is 13.3 Å². The topological polar surface area (TPSA) is 44.6 Å². The summed E-state index contributed by atoms with van der Waals surface area (Å²) in [6.45, 7) is 5.71. The Labute approximate surface area is 120 Å². The largest absolute Gasteiger partial charge is 0.591 e. The maximum Gasteiger partial charge on any atom is 0.144 e. The van der Waals surface area contributed by atoms with Gasteiger partial charge in [-0.1, -0.05) is 26.4 Å². The molecule has 1 rings (SSSR count). The first kappa shape index (κ1) is 15.5. The Balaban J connectivity index is 2.72. The average Bonchev–Trinajstić information content (AvgIpc) is 2.29. The summed E-state index contributed by atoms with van der Waals surface area (Å²) in [5, 5.41) is 0. The van der Waals surface area contributed by atoms with E-state index < -0.39 is 11.4 Å². The molecule has 18 heavy (non-hydrogen) atoms. The highest BCUT2D eigenvalue weighted by atomic mass is 79.9. The fraction of sp³-hybridized carbons (Fsp3) is 0.462. The van der Waals surface area contributed by atoms with Crippen LogP contribution in [-0.4, -0.2) is 22.6 Å². The third-order valence-corrected chi connectivity index (χ3v) is 4.14. The average molecular weight is 332 g/mol. The zero-order valence-electron chi connectivity index (χ0n) is 11.1. The molecule has 5 heteroatoms. The highest BCUT2D eigenvalue weighted by molar-refractivity contribution is 9.10. The second kappa shape index (κ2) is 6.59. The summed E-state index contributed by atoms with van der Waals surface area (Å²) in [6.07, 6.45) is 2.30. The van der Waals surface area contributed by atoms with E-state index in [0.717, 1.165) is 15.8 Å². The van der Waals surface area contributed by atoms with Crippen LogP contribution in [0.15, 0.2) is 27.1 Å². The molecule has 0 aliphatic rings. The molecule has 1 atom stereocenters.